The van der Waals surface area contributed by atoms with Crippen molar-refractivity contribution < 1.29 is 13.3 Å². The molecule has 2 aromatic heterocycles. The number of sulfonamides is 1. The van der Waals surface area contributed by atoms with Crippen LogP contribution in [0.4, 0.5) is 0 Å². The third kappa shape index (κ3) is 2.77. The van der Waals surface area contributed by atoms with Crippen LogP contribution < -0.4 is 0 Å². The number of hydrogen-bond donors (Lipinski definition) is 0. The molecule has 1 unspecified atom stereocenters. The quantitative estimate of drug-likeness (QED) is 0.634. The van der Waals surface area contributed by atoms with Gasteiger partial charge in [0.05, 0.1) is 6.54 Å². The third-order valence-electron chi connectivity index (χ3n) is 4.39. The van der Waals surface area contributed by atoms with Crippen molar-refractivity contribution in [3.05, 3.63) is 46.6 Å². The molecule has 0 fully saturated rings. The topological polar surface area (TPSA) is 100 Å². The molecule has 1 aromatic carbocycles. The van der Waals surface area contributed by atoms with E-state index in [0.29, 0.717) is 35.5 Å². The Morgan fingerprint density at radius 2 is 1.92 bits per heavy atom. The number of aromatic nitrogens is 4. The molecule has 0 saturated heterocycles. The predicted molar refractivity (Wildman–Crippen MR) is 93.9 cm³/mol. The first kappa shape index (κ1) is 17.3. The number of benzene rings is 1. The lowest BCUT2D eigenvalue weighted by Crippen LogP contribution is -2.42. The lowest BCUT2D eigenvalue weighted by atomic mass is 10.2. The lowest BCUT2D eigenvalue weighted by Gasteiger charge is -2.30. The van der Waals surface area contributed by atoms with Crippen LogP contribution in [0.25, 0.3) is 11.4 Å². The van der Waals surface area contributed by atoms with Crippen LogP contribution in [0.3, 0.4) is 0 Å². The third-order valence-corrected chi connectivity index (χ3v) is 6.73. The van der Waals surface area contributed by atoms with Crippen molar-refractivity contribution in [2.24, 2.45) is 0 Å². The molecule has 8 nitrogen and oxygen atoms in total. The minimum atomic E-state index is -3.71. The first-order valence-electron chi connectivity index (χ1n) is 7.99. The maximum atomic E-state index is 13.0. The molecule has 4 rings (SSSR count). The van der Waals surface area contributed by atoms with Crippen molar-refractivity contribution in [3.8, 4) is 11.4 Å². The number of aryl methyl sites for hydroxylation is 2. The molecule has 0 radical (unpaired) electrons. The van der Waals surface area contributed by atoms with Crippen LogP contribution in [0.5, 0.6) is 0 Å². The Morgan fingerprint density at radius 3 is 2.58 bits per heavy atom. The molecular formula is C16H16ClN5O3S. The minimum Gasteiger partial charge on any atom is -0.593 e. The fourth-order valence-corrected chi connectivity index (χ4v) is 4.93. The highest BCUT2D eigenvalue weighted by Gasteiger charge is 2.39. The zero-order chi connectivity index (χ0) is 18.5. The van der Waals surface area contributed by atoms with E-state index in [2.05, 4.69) is 15.4 Å². The fraction of sp³-hybridized carbons (Fsp3) is 0.312. The van der Waals surface area contributed by atoms with Gasteiger partial charge in [0.2, 0.25) is 4.90 Å². The molecule has 10 heteroatoms. The van der Waals surface area contributed by atoms with Gasteiger partial charge in [0.1, 0.15) is 12.2 Å². The van der Waals surface area contributed by atoms with Crippen molar-refractivity contribution >= 4 is 22.0 Å². The van der Waals surface area contributed by atoms with E-state index < -0.39 is 10.4 Å². The average Bonchev–Trinajstić information content (AvgIpc) is 3.18. The van der Waals surface area contributed by atoms with Gasteiger partial charge in [0.15, 0.2) is 27.8 Å². The van der Waals surface area contributed by atoms with Gasteiger partial charge in [0, 0.05) is 24.1 Å². The first-order valence-corrected chi connectivity index (χ1v) is 9.81. The van der Waals surface area contributed by atoms with Gasteiger partial charge in [-0.05, 0) is 31.2 Å². The molecule has 0 bridgehead atoms. The standard InChI is InChI=1S/C16H16ClN5O3S/c1-10-15(11(2)25-20-10)26(23,24)21-7-8-22-14(9-21)18-19-16(22)12-3-5-13(17)6-4-12/h3-6H,7-9H2,1-2H3. The van der Waals surface area contributed by atoms with Crippen LogP contribution in [0.1, 0.15) is 17.3 Å². The lowest BCUT2D eigenvalue weighted by molar-refractivity contribution is 0.301. The largest absolute Gasteiger partial charge is 0.593 e. The molecule has 26 heavy (non-hydrogen) atoms. The number of nitrogens with zero attached hydrogens (tertiary/aromatic N) is 5. The Morgan fingerprint density at radius 1 is 1.19 bits per heavy atom. The zero-order valence-electron chi connectivity index (χ0n) is 14.2. The summed E-state index contributed by atoms with van der Waals surface area (Å²) in [7, 11) is -3.71. The van der Waals surface area contributed by atoms with Crippen LogP contribution >= 0.6 is 11.6 Å². The van der Waals surface area contributed by atoms with Crippen molar-refractivity contribution in [3.63, 3.8) is 0 Å². The van der Waals surface area contributed by atoms with E-state index in [1.807, 2.05) is 16.7 Å². The smallest absolute Gasteiger partial charge is 0.240 e. The molecule has 0 N–H and O–H groups in total. The van der Waals surface area contributed by atoms with E-state index in [-0.39, 0.29) is 17.2 Å². The number of halogens is 1. The van der Waals surface area contributed by atoms with E-state index in [1.54, 1.807) is 26.0 Å². The van der Waals surface area contributed by atoms with Crippen molar-refractivity contribution in [1.29, 1.82) is 0 Å². The summed E-state index contributed by atoms with van der Waals surface area (Å²) in [6.45, 7) is 4.14. The summed E-state index contributed by atoms with van der Waals surface area (Å²) in [6.07, 6.45) is 0. The minimum absolute atomic E-state index is 0.128. The Hall–Kier alpha value is -2.07. The van der Waals surface area contributed by atoms with Crippen molar-refractivity contribution in [2.75, 3.05) is 6.54 Å². The molecule has 0 saturated carbocycles. The second-order valence-corrected chi connectivity index (χ2v) is 8.40. The molecule has 0 spiro atoms. The van der Waals surface area contributed by atoms with Crippen LogP contribution in [-0.4, -0.2) is 35.3 Å². The molecule has 3 heterocycles. The Kier molecular flexibility index (Phi) is 4.19. The van der Waals surface area contributed by atoms with Gasteiger partial charge in [-0.3, -0.25) is 0 Å². The molecule has 0 aliphatic carbocycles. The van der Waals surface area contributed by atoms with Gasteiger partial charge in [0.25, 0.3) is 0 Å². The molecule has 1 aliphatic heterocycles. The molecule has 1 atom stereocenters. The second kappa shape index (κ2) is 6.27. The summed E-state index contributed by atoms with van der Waals surface area (Å²) in [5.74, 6) is 1.58. The highest BCUT2D eigenvalue weighted by molar-refractivity contribution is 7.95. The zero-order valence-corrected chi connectivity index (χ0v) is 15.8. The summed E-state index contributed by atoms with van der Waals surface area (Å²) in [5, 5.41) is 12.8. The number of hydrogen-bond acceptors (Lipinski definition) is 6. The predicted octanol–water partition coefficient (Wildman–Crippen LogP) is 2.62. The Balaban J connectivity index is 1.65. The molecule has 136 valence electrons. The summed E-state index contributed by atoms with van der Waals surface area (Å²) in [6, 6.07) is 7.31. The van der Waals surface area contributed by atoms with Gasteiger partial charge < -0.3 is 13.6 Å². The van der Waals surface area contributed by atoms with Gasteiger partial charge in [-0.25, -0.2) is 0 Å². The van der Waals surface area contributed by atoms with E-state index in [9.17, 15) is 8.76 Å². The Bertz CT molecular complexity index is 994. The van der Waals surface area contributed by atoms with Crippen molar-refractivity contribution in [1.82, 2.24) is 24.2 Å². The normalized spacial score (nSPS) is 17.1. The first-order chi connectivity index (χ1) is 12.4. The summed E-state index contributed by atoms with van der Waals surface area (Å²) in [5.41, 5.74) is 1.24. The maximum absolute atomic E-state index is 13.0. The Labute approximate surface area is 156 Å². The van der Waals surface area contributed by atoms with Gasteiger partial charge in [-0.1, -0.05) is 21.0 Å². The SMILES string of the molecule is Cc1noc(C)c1[S+](=O)([O-])N1CCn2c(nnc2-c2ccc(Cl)cc2)C1. The van der Waals surface area contributed by atoms with Gasteiger partial charge >= 0.3 is 0 Å². The van der Waals surface area contributed by atoms with E-state index in [1.165, 1.54) is 4.31 Å². The highest BCUT2D eigenvalue weighted by atomic mass is 35.5. The van der Waals surface area contributed by atoms with Crippen LogP contribution in [-0.2, 0) is 27.7 Å². The highest BCUT2D eigenvalue weighted by Crippen LogP contribution is 2.31. The van der Waals surface area contributed by atoms with E-state index in [0.717, 1.165) is 5.56 Å². The second-order valence-electron chi connectivity index (χ2n) is 6.09. The van der Waals surface area contributed by atoms with Crippen molar-refractivity contribution in [2.45, 2.75) is 31.8 Å². The van der Waals surface area contributed by atoms with Gasteiger partial charge in [-0.15, -0.1) is 14.5 Å². The van der Waals surface area contributed by atoms with Crippen LogP contribution in [0.15, 0.2) is 33.7 Å². The van der Waals surface area contributed by atoms with Gasteiger partial charge in [-0.2, -0.15) is 0 Å². The molecular weight excluding hydrogens is 378 g/mol. The van der Waals surface area contributed by atoms with E-state index >= 15 is 0 Å². The summed E-state index contributed by atoms with van der Waals surface area (Å²) >= 11 is 5.93. The van der Waals surface area contributed by atoms with Crippen LogP contribution in [0.2, 0.25) is 5.02 Å². The fourth-order valence-electron chi connectivity index (χ4n) is 3.13. The summed E-state index contributed by atoms with van der Waals surface area (Å²) < 4.78 is 34.3. The van der Waals surface area contributed by atoms with Crippen LogP contribution in [0, 0.1) is 13.8 Å². The molecule has 0 amide bonds. The molecule has 3 aromatic rings. The average molecular weight is 394 g/mol. The molecule has 1 aliphatic rings. The summed E-state index contributed by atoms with van der Waals surface area (Å²) in [4.78, 5) is 0.128. The number of fused-ring (bicyclic) bond motifs is 1. The maximum Gasteiger partial charge on any atom is 0.240 e. The van der Waals surface area contributed by atoms with E-state index in [4.69, 9.17) is 16.1 Å². The monoisotopic (exact) mass is 393 g/mol. The number of rotatable bonds is 3.